The van der Waals surface area contributed by atoms with Crippen molar-refractivity contribution in [3.05, 3.63) is 29.8 Å². The summed E-state index contributed by atoms with van der Waals surface area (Å²) < 4.78 is 1.87. The van der Waals surface area contributed by atoms with Crippen LogP contribution in [-0.4, -0.2) is 26.3 Å². The van der Waals surface area contributed by atoms with Crippen LogP contribution in [-0.2, 0) is 19.9 Å². The van der Waals surface area contributed by atoms with Crippen LogP contribution < -0.4 is 11.1 Å². The van der Waals surface area contributed by atoms with Gasteiger partial charge in [-0.2, -0.15) is 5.10 Å². The Balaban J connectivity index is 1.94. The van der Waals surface area contributed by atoms with Gasteiger partial charge in [0.2, 0.25) is 0 Å². The Morgan fingerprint density at radius 2 is 2.16 bits per heavy atom. The van der Waals surface area contributed by atoms with Gasteiger partial charge in [0.25, 0.3) is 0 Å². The van der Waals surface area contributed by atoms with E-state index in [4.69, 9.17) is 5.73 Å². The second-order valence-electron chi connectivity index (χ2n) is 4.47. The number of anilines is 2. The van der Waals surface area contributed by atoms with Crippen LogP contribution in [0.2, 0.25) is 0 Å². The lowest BCUT2D eigenvalue weighted by Crippen LogP contribution is -2.11. The lowest BCUT2D eigenvalue weighted by atomic mass is 10.3. The molecule has 0 bridgehead atoms. The van der Waals surface area contributed by atoms with Crippen molar-refractivity contribution < 1.29 is 0 Å². The maximum Gasteiger partial charge on any atom is 0.133 e. The zero-order valence-corrected chi connectivity index (χ0v) is 11.4. The first-order valence-electron chi connectivity index (χ1n) is 6.53. The summed E-state index contributed by atoms with van der Waals surface area (Å²) in [5.41, 5.74) is 6.96. The van der Waals surface area contributed by atoms with Crippen LogP contribution >= 0.6 is 0 Å². The summed E-state index contributed by atoms with van der Waals surface area (Å²) in [5.74, 6) is 2.10. The minimum absolute atomic E-state index is 0.515. The molecular weight excluding hydrogens is 240 g/mol. The molecular formula is C13H20N6. The molecule has 0 aliphatic rings. The number of hydrogen-bond donors (Lipinski definition) is 2. The summed E-state index contributed by atoms with van der Waals surface area (Å²) in [5, 5.41) is 7.42. The standard InChI is InChI=1S/C13H20N6/c1-3-4-12-17-11(14)9-13(18-12)15-7-5-10-6-8-16-19(10)2/h6,8-9H,3-5,7H2,1-2H3,(H3,14,15,17,18). The van der Waals surface area contributed by atoms with E-state index >= 15 is 0 Å². The summed E-state index contributed by atoms with van der Waals surface area (Å²) in [6.07, 6.45) is 4.56. The molecule has 6 heteroatoms. The first-order chi connectivity index (χ1) is 9.19. The van der Waals surface area contributed by atoms with E-state index in [1.807, 2.05) is 17.8 Å². The van der Waals surface area contributed by atoms with Crippen LogP contribution in [0.4, 0.5) is 11.6 Å². The number of nitrogen functional groups attached to an aromatic ring is 1. The number of nitrogens with zero attached hydrogens (tertiary/aromatic N) is 4. The Bertz CT molecular complexity index is 534. The average Bonchev–Trinajstić information content (AvgIpc) is 2.75. The van der Waals surface area contributed by atoms with E-state index in [0.29, 0.717) is 5.82 Å². The number of hydrogen-bond acceptors (Lipinski definition) is 5. The minimum atomic E-state index is 0.515. The van der Waals surface area contributed by atoms with Gasteiger partial charge >= 0.3 is 0 Å². The fraction of sp³-hybridized carbons (Fsp3) is 0.462. The van der Waals surface area contributed by atoms with Gasteiger partial charge in [0.1, 0.15) is 17.5 Å². The van der Waals surface area contributed by atoms with Crippen LogP contribution in [0.25, 0.3) is 0 Å². The predicted molar refractivity (Wildman–Crippen MR) is 75.8 cm³/mol. The molecule has 0 atom stereocenters. The van der Waals surface area contributed by atoms with Gasteiger partial charge in [-0.15, -0.1) is 0 Å². The van der Waals surface area contributed by atoms with Gasteiger partial charge < -0.3 is 11.1 Å². The maximum atomic E-state index is 5.77. The normalized spacial score (nSPS) is 10.6. The molecule has 0 fully saturated rings. The van der Waals surface area contributed by atoms with Crippen LogP contribution in [0.3, 0.4) is 0 Å². The van der Waals surface area contributed by atoms with Crippen molar-refractivity contribution in [3.8, 4) is 0 Å². The van der Waals surface area contributed by atoms with Crippen molar-refractivity contribution in [1.29, 1.82) is 0 Å². The molecule has 0 aromatic carbocycles. The molecule has 2 heterocycles. The van der Waals surface area contributed by atoms with Crippen molar-refractivity contribution in [3.63, 3.8) is 0 Å². The van der Waals surface area contributed by atoms with E-state index in [9.17, 15) is 0 Å². The summed E-state index contributed by atoms with van der Waals surface area (Å²) in [7, 11) is 1.94. The van der Waals surface area contributed by atoms with Crippen LogP contribution in [0.5, 0.6) is 0 Å². The molecule has 0 aliphatic heterocycles. The average molecular weight is 260 g/mol. The number of rotatable bonds is 6. The van der Waals surface area contributed by atoms with Gasteiger partial charge in [-0.05, 0) is 12.5 Å². The van der Waals surface area contributed by atoms with Crippen molar-refractivity contribution in [1.82, 2.24) is 19.7 Å². The number of aromatic nitrogens is 4. The predicted octanol–water partition coefficient (Wildman–Crippen LogP) is 1.40. The molecule has 0 radical (unpaired) electrons. The summed E-state index contributed by atoms with van der Waals surface area (Å²) in [6.45, 7) is 2.89. The Labute approximate surface area is 113 Å². The fourth-order valence-electron chi connectivity index (χ4n) is 1.91. The Morgan fingerprint density at radius 1 is 1.32 bits per heavy atom. The van der Waals surface area contributed by atoms with Crippen LogP contribution in [0, 0.1) is 0 Å². The highest BCUT2D eigenvalue weighted by Crippen LogP contribution is 2.10. The first-order valence-corrected chi connectivity index (χ1v) is 6.53. The zero-order valence-electron chi connectivity index (χ0n) is 11.4. The smallest absolute Gasteiger partial charge is 0.133 e. The Kier molecular flexibility index (Phi) is 4.33. The molecule has 3 N–H and O–H groups in total. The van der Waals surface area contributed by atoms with Gasteiger partial charge in [0.15, 0.2) is 0 Å². The van der Waals surface area contributed by atoms with Gasteiger partial charge in [-0.25, -0.2) is 9.97 Å². The van der Waals surface area contributed by atoms with Crippen molar-refractivity contribution >= 4 is 11.6 Å². The first kappa shape index (κ1) is 13.3. The minimum Gasteiger partial charge on any atom is -0.384 e. The molecule has 6 nitrogen and oxygen atoms in total. The summed E-state index contributed by atoms with van der Waals surface area (Å²) in [4.78, 5) is 8.65. The quantitative estimate of drug-likeness (QED) is 0.820. The highest BCUT2D eigenvalue weighted by atomic mass is 15.3. The number of aryl methyl sites for hydroxylation is 2. The third-order valence-corrected chi connectivity index (χ3v) is 2.88. The molecule has 2 aromatic heterocycles. The lowest BCUT2D eigenvalue weighted by molar-refractivity contribution is 0.710. The molecule has 0 amide bonds. The number of nitrogens with one attached hydrogen (secondary N) is 1. The van der Waals surface area contributed by atoms with E-state index in [1.165, 1.54) is 5.69 Å². The van der Waals surface area contributed by atoms with Crippen molar-refractivity contribution in [2.24, 2.45) is 7.05 Å². The van der Waals surface area contributed by atoms with Gasteiger partial charge in [-0.1, -0.05) is 6.92 Å². The van der Waals surface area contributed by atoms with E-state index in [1.54, 1.807) is 12.3 Å². The SMILES string of the molecule is CCCc1nc(N)cc(NCCc2ccnn2C)n1. The summed E-state index contributed by atoms with van der Waals surface area (Å²) >= 11 is 0. The molecule has 0 saturated heterocycles. The van der Waals surface area contributed by atoms with E-state index in [-0.39, 0.29) is 0 Å². The number of nitrogens with two attached hydrogens (primary N) is 1. The summed E-state index contributed by atoms with van der Waals surface area (Å²) in [6, 6.07) is 3.78. The fourth-order valence-corrected chi connectivity index (χ4v) is 1.91. The zero-order chi connectivity index (χ0) is 13.7. The Hall–Kier alpha value is -2.11. The third-order valence-electron chi connectivity index (χ3n) is 2.88. The maximum absolute atomic E-state index is 5.77. The van der Waals surface area contributed by atoms with Gasteiger partial charge in [0.05, 0.1) is 0 Å². The molecule has 0 unspecified atom stereocenters. The second-order valence-corrected chi connectivity index (χ2v) is 4.47. The molecule has 0 aliphatic carbocycles. The highest BCUT2D eigenvalue weighted by Gasteiger charge is 2.03. The van der Waals surface area contributed by atoms with Gasteiger partial charge in [-0.3, -0.25) is 4.68 Å². The third kappa shape index (κ3) is 3.67. The monoisotopic (exact) mass is 260 g/mol. The van der Waals surface area contributed by atoms with E-state index in [2.05, 4.69) is 27.3 Å². The Morgan fingerprint density at radius 3 is 2.84 bits per heavy atom. The molecule has 2 aromatic rings. The van der Waals surface area contributed by atoms with Crippen molar-refractivity contribution in [2.75, 3.05) is 17.6 Å². The molecule has 0 spiro atoms. The van der Waals surface area contributed by atoms with Crippen LogP contribution in [0.1, 0.15) is 24.9 Å². The largest absolute Gasteiger partial charge is 0.384 e. The van der Waals surface area contributed by atoms with Crippen LogP contribution in [0.15, 0.2) is 18.3 Å². The highest BCUT2D eigenvalue weighted by molar-refractivity contribution is 5.44. The van der Waals surface area contributed by atoms with E-state index in [0.717, 1.165) is 37.4 Å². The second kappa shape index (κ2) is 6.17. The molecule has 0 saturated carbocycles. The van der Waals surface area contributed by atoms with E-state index < -0.39 is 0 Å². The molecule has 19 heavy (non-hydrogen) atoms. The molecule has 2 rings (SSSR count). The van der Waals surface area contributed by atoms with Crippen molar-refractivity contribution in [2.45, 2.75) is 26.2 Å². The molecule has 102 valence electrons. The van der Waals surface area contributed by atoms with Gasteiger partial charge in [0, 0.05) is 44.4 Å². The lowest BCUT2D eigenvalue weighted by Gasteiger charge is -2.08. The topological polar surface area (TPSA) is 81.6 Å².